The Kier molecular flexibility index (Phi) is 11.2. The standard InChI is InChI=1S/C92H58BN3/c1-5-27-59(28-6-1)61-51-53-82-80(55-61)93-81-56-62(60-29-7-2-8-30-60)52-54-83(81)96(85-50-26-42-73-71-40-18-24-48-79(71)92(89(73)85)76-45-21-15-37-68(76)69-38-16-22-46-77(69)92)87-58-65(94(63-31-9-3-10-32-63)64-33-11-4-12-34-64)57-86(90(87)93)95(82)84-49-25-41-72-70-39-17-23-47-78(70)91(88(72)84)74-43-19-13-35-66(74)67-36-14-20-44-75(67)91/h1-58H. The molecule has 0 fully saturated rings. The Balaban J connectivity index is 0.938. The molecular weight excluding hydrogens is 1160 g/mol. The fourth-order valence-electron chi connectivity index (χ4n) is 18.5. The highest BCUT2D eigenvalue weighted by molar-refractivity contribution is 7.00. The predicted molar refractivity (Wildman–Crippen MR) is 399 cm³/mol. The SMILES string of the molecule is c1ccc(-c2ccc3c(c2)B2c4cc(-c5ccccc5)ccc4N(c4cccc5c4C4(c6ccccc6-c6ccccc64)c4ccccc4-5)c4cc(N(c5ccccc5)c5ccccc5)cc(c42)N3c2cccc3c2C2(c4ccccc4-c4ccccc42)c2ccccc2-3)cc1. The number of para-hydroxylation sites is 2. The van der Waals surface area contributed by atoms with Gasteiger partial charge in [0.25, 0.3) is 6.71 Å². The van der Waals surface area contributed by atoms with Crippen LogP contribution in [0.1, 0.15) is 44.5 Å². The van der Waals surface area contributed by atoms with E-state index in [1.54, 1.807) is 0 Å². The summed E-state index contributed by atoms with van der Waals surface area (Å²) in [5, 5.41) is 0. The second kappa shape index (κ2) is 20.1. The van der Waals surface area contributed by atoms with Crippen molar-refractivity contribution in [1.82, 2.24) is 0 Å². The van der Waals surface area contributed by atoms with Crippen molar-refractivity contribution in [3.63, 3.8) is 0 Å². The quantitative estimate of drug-likeness (QED) is 0.147. The van der Waals surface area contributed by atoms with E-state index in [0.717, 1.165) is 51.2 Å². The van der Waals surface area contributed by atoms with Crippen molar-refractivity contribution in [2.45, 2.75) is 10.8 Å². The summed E-state index contributed by atoms with van der Waals surface area (Å²) in [6, 6.07) is 134. The van der Waals surface area contributed by atoms with Gasteiger partial charge in [-0.3, -0.25) is 0 Å². The van der Waals surface area contributed by atoms with Gasteiger partial charge in [-0.25, -0.2) is 0 Å². The van der Waals surface area contributed by atoms with E-state index >= 15 is 0 Å². The van der Waals surface area contributed by atoms with Gasteiger partial charge < -0.3 is 14.7 Å². The summed E-state index contributed by atoms with van der Waals surface area (Å²) in [5.41, 5.74) is 37.8. The predicted octanol–water partition coefficient (Wildman–Crippen LogP) is 21.3. The Morgan fingerprint density at radius 2 is 0.521 bits per heavy atom. The molecule has 96 heavy (non-hydrogen) atoms. The molecule has 0 bridgehead atoms. The van der Waals surface area contributed by atoms with Crippen LogP contribution in [0.3, 0.4) is 0 Å². The molecule has 2 aliphatic heterocycles. The van der Waals surface area contributed by atoms with E-state index in [4.69, 9.17) is 0 Å². The van der Waals surface area contributed by atoms with E-state index in [0.29, 0.717) is 0 Å². The van der Waals surface area contributed by atoms with Crippen LogP contribution in [0.15, 0.2) is 352 Å². The second-order valence-corrected chi connectivity index (χ2v) is 26.5. The summed E-state index contributed by atoms with van der Waals surface area (Å²) in [6.45, 7) is -0.234. The van der Waals surface area contributed by atoms with E-state index in [1.807, 2.05) is 0 Å². The first-order valence-electron chi connectivity index (χ1n) is 33.6. The maximum atomic E-state index is 2.72. The third-order valence-corrected chi connectivity index (χ3v) is 22.0. The van der Waals surface area contributed by atoms with Gasteiger partial charge in [-0.05, 0) is 177 Å². The number of hydrogen-bond donors (Lipinski definition) is 0. The van der Waals surface area contributed by atoms with Gasteiger partial charge in [0, 0.05) is 45.3 Å². The molecule has 4 heteroatoms. The van der Waals surface area contributed by atoms with Crippen molar-refractivity contribution in [1.29, 1.82) is 0 Å². The summed E-state index contributed by atoms with van der Waals surface area (Å²) < 4.78 is 0. The highest BCUT2D eigenvalue weighted by atomic mass is 15.2. The Morgan fingerprint density at radius 3 is 0.875 bits per heavy atom. The van der Waals surface area contributed by atoms with Crippen LogP contribution in [-0.2, 0) is 10.8 Å². The van der Waals surface area contributed by atoms with Gasteiger partial charge in [-0.15, -0.1) is 0 Å². The van der Waals surface area contributed by atoms with E-state index in [2.05, 4.69) is 367 Å². The number of benzene rings is 15. The molecule has 2 spiro atoms. The Labute approximate surface area is 559 Å². The van der Waals surface area contributed by atoms with Crippen LogP contribution in [0, 0.1) is 0 Å². The number of fused-ring (bicyclic) bond motifs is 24. The lowest BCUT2D eigenvalue weighted by molar-refractivity contribution is 0.792. The second-order valence-electron chi connectivity index (χ2n) is 26.5. The Morgan fingerprint density at radius 1 is 0.219 bits per heavy atom. The lowest BCUT2D eigenvalue weighted by Gasteiger charge is -2.47. The minimum absolute atomic E-state index is 0.234. The molecule has 0 saturated heterocycles. The summed E-state index contributed by atoms with van der Waals surface area (Å²) in [6.07, 6.45) is 0. The van der Waals surface area contributed by atoms with Crippen LogP contribution in [0.5, 0.6) is 0 Å². The largest absolute Gasteiger partial charge is 0.311 e. The van der Waals surface area contributed by atoms with Crippen molar-refractivity contribution in [2.24, 2.45) is 0 Å². The molecule has 0 saturated carbocycles. The lowest BCUT2D eigenvalue weighted by Crippen LogP contribution is -2.61. The Bertz CT molecular complexity index is 5280. The molecular formula is C92H58BN3. The molecule has 0 amide bonds. The third-order valence-electron chi connectivity index (χ3n) is 22.0. The van der Waals surface area contributed by atoms with Gasteiger partial charge in [0.05, 0.1) is 27.9 Å². The molecule has 0 aromatic heterocycles. The fourth-order valence-corrected chi connectivity index (χ4v) is 18.5. The molecule has 0 radical (unpaired) electrons. The van der Waals surface area contributed by atoms with Gasteiger partial charge >= 0.3 is 0 Å². The normalized spacial score (nSPS) is 14.1. The monoisotopic (exact) mass is 1220 g/mol. The molecule has 0 atom stereocenters. The molecule has 0 N–H and O–H groups in total. The fraction of sp³-hybridized carbons (Fsp3) is 0.0217. The number of nitrogens with zero attached hydrogens (tertiary/aromatic N) is 3. The first-order chi connectivity index (χ1) is 47.7. The van der Waals surface area contributed by atoms with Crippen molar-refractivity contribution in [2.75, 3.05) is 14.7 Å². The van der Waals surface area contributed by atoms with Gasteiger partial charge in [0.2, 0.25) is 0 Å². The van der Waals surface area contributed by atoms with Crippen LogP contribution in [0.25, 0.3) is 66.8 Å². The van der Waals surface area contributed by atoms with Crippen molar-refractivity contribution in [3.05, 3.63) is 396 Å². The van der Waals surface area contributed by atoms with Crippen LogP contribution in [0.4, 0.5) is 51.2 Å². The summed E-state index contributed by atoms with van der Waals surface area (Å²) >= 11 is 0. The molecule has 4 aliphatic carbocycles. The zero-order valence-electron chi connectivity index (χ0n) is 52.4. The third kappa shape index (κ3) is 7.01. The number of anilines is 9. The lowest BCUT2D eigenvalue weighted by atomic mass is 9.33. The minimum Gasteiger partial charge on any atom is -0.311 e. The molecule has 6 aliphatic rings. The number of hydrogen-bond acceptors (Lipinski definition) is 3. The van der Waals surface area contributed by atoms with E-state index in [9.17, 15) is 0 Å². The molecule has 15 aromatic carbocycles. The van der Waals surface area contributed by atoms with Crippen LogP contribution < -0.4 is 31.1 Å². The summed E-state index contributed by atoms with van der Waals surface area (Å²) in [7, 11) is 0. The van der Waals surface area contributed by atoms with Crippen LogP contribution in [0.2, 0.25) is 0 Å². The zero-order valence-corrected chi connectivity index (χ0v) is 52.4. The molecule has 3 nitrogen and oxygen atoms in total. The smallest absolute Gasteiger partial charge is 0.252 e. The van der Waals surface area contributed by atoms with E-state index < -0.39 is 10.8 Å². The first-order valence-corrected chi connectivity index (χ1v) is 33.6. The topological polar surface area (TPSA) is 9.72 Å². The Hall–Kier alpha value is -12.2. The summed E-state index contributed by atoms with van der Waals surface area (Å²) in [4.78, 5) is 7.91. The van der Waals surface area contributed by atoms with Gasteiger partial charge in [-0.1, -0.05) is 291 Å². The zero-order chi connectivity index (χ0) is 62.8. The maximum Gasteiger partial charge on any atom is 0.252 e. The van der Waals surface area contributed by atoms with Gasteiger partial charge in [0.15, 0.2) is 0 Å². The molecule has 21 rings (SSSR count). The molecule has 0 unspecified atom stereocenters. The molecule has 2 heterocycles. The number of rotatable bonds is 7. The average Bonchev–Trinajstić information content (AvgIpc) is 1.70. The molecule has 15 aromatic rings. The summed E-state index contributed by atoms with van der Waals surface area (Å²) in [5.74, 6) is 0. The van der Waals surface area contributed by atoms with Crippen molar-refractivity contribution < 1.29 is 0 Å². The van der Waals surface area contributed by atoms with Crippen molar-refractivity contribution >= 4 is 74.3 Å². The maximum absolute atomic E-state index is 2.72. The van der Waals surface area contributed by atoms with Crippen LogP contribution in [-0.4, -0.2) is 6.71 Å². The average molecular weight is 1220 g/mol. The van der Waals surface area contributed by atoms with Crippen LogP contribution >= 0.6 is 0 Å². The first kappa shape index (κ1) is 53.3. The highest BCUT2D eigenvalue weighted by Gasteiger charge is 2.57. The van der Waals surface area contributed by atoms with Gasteiger partial charge in [-0.2, -0.15) is 0 Å². The molecule has 444 valence electrons. The van der Waals surface area contributed by atoms with E-state index in [1.165, 1.54) is 128 Å². The van der Waals surface area contributed by atoms with Crippen molar-refractivity contribution in [3.8, 4) is 66.8 Å². The highest BCUT2D eigenvalue weighted by Crippen LogP contribution is 2.68. The van der Waals surface area contributed by atoms with E-state index in [-0.39, 0.29) is 6.71 Å². The minimum atomic E-state index is -0.653. The van der Waals surface area contributed by atoms with Gasteiger partial charge in [0.1, 0.15) is 0 Å².